The smallest absolute Gasteiger partial charge is 0.462 e. The molecule has 0 amide bonds. The Bertz CT molecular complexity index is 1930. The molecule has 102 heavy (non-hydrogen) atoms. The third kappa shape index (κ3) is 76.3. The Morgan fingerprint density at radius 2 is 0.392 bits per heavy atom. The molecular weight excluding hydrogens is 1330 g/mol. The summed E-state index contributed by atoms with van der Waals surface area (Å²) >= 11 is 0. The van der Waals surface area contributed by atoms with Gasteiger partial charge in [-0.1, -0.05) is 400 Å². The van der Waals surface area contributed by atoms with Gasteiger partial charge in [0.1, 0.15) is 19.3 Å². The van der Waals surface area contributed by atoms with E-state index in [0.29, 0.717) is 25.7 Å². The van der Waals surface area contributed by atoms with Gasteiger partial charge < -0.3 is 33.8 Å². The number of aliphatic hydroxyl groups excluding tert-OH is 1. The molecule has 5 atom stereocenters. The van der Waals surface area contributed by atoms with Crippen molar-refractivity contribution in [3.8, 4) is 0 Å². The lowest BCUT2D eigenvalue weighted by atomic mass is 10.0. The van der Waals surface area contributed by atoms with Crippen molar-refractivity contribution in [2.45, 2.75) is 470 Å². The monoisotopic (exact) mass is 1490 g/mol. The molecule has 0 aliphatic carbocycles. The molecule has 0 rings (SSSR count). The van der Waals surface area contributed by atoms with E-state index in [4.69, 9.17) is 37.0 Å². The zero-order valence-corrected chi connectivity index (χ0v) is 68.4. The van der Waals surface area contributed by atoms with E-state index in [2.05, 4.69) is 27.7 Å². The van der Waals surface area contributed by atoms with E-state index in [1.807, 2.05) is 0 Å². The molecule has 0 saturated carbocycles. The Morgan fingerprint density at radius 1 is 0.235 bits per heavy atom. The molecule has 606 valence electrons. The number of rotatable bonds is 84. The number of carbonyl (C=O) groups is 4. The lowest BCUT2D eigenvalue weighted by molar-refractivity contribution is -0.161. The summed E-state index contributed by atoms with van der Waals surface area (Å²) < 4.78 is 68.7. The van der Waals surface area contributed by atoms with Crippen LogP contribution < -0.4 is 0 Å². The number of phosphoric ester groups is 2. The van der Waals surface area contributed by atoms with E-state index in [-0.39, 0.29) is 25.7 Å². The van der Waals surface area contributed by atoms with Gasteiger partial charge in [0.2, 0.25) is 0 Å². The minimum atomic E-state index is -4.96. The number of aliphatic hydroxyl groups is 1. The average molecular weight is 1490 g/mol. The first-order chi connectivity index (χ1) is 49.7. The van der Waals surface area contributed by atoms with E-state index in [1.54, 1.807) is 0 Å². The van der Waals surface area contributed by atoms with Crippen molar-refractivity contribution >= 4 is 39.5 Å². The maximum absolute atomic E-state index is 13.1. The van der Waals surface area contributed by atoms with Gasteiger partial charge >= 0.3 is 39.5 Å². The van der Waals surface area contributed by atoms with Crippen LogP contribution in [0.3, 0.4) is 0 Å². The molecule has 3 N–H and O–H groups in total. The predicted molar refractivity (Wildman–Crippen MR) is 419 cm³/mol. The van der Waals surface area contributed by atoms with Gasteiger partial charge in [-0.05, 0) is 25.7 Å². The molecule has 17 nitrogen and oxygen atoms in total. The Balaban J connectivity index is 5.18. The molecule has 0 aromatic carbocycles. The third-order valence-electron chi connectivity index (χ3n) is 19.6. The van der Waals surface area contributed by atoms with Crippen LogP contribution in [0.2, 0.25) is 0 Å². The number of unbranched alkanes of at least 4 members (excludes halogenated alkanes) is 58. The number of carbonyl (C=O) groups excluding carboxylic acids is 4. The van der Waals surface area contributed by atoms with Gasteiger partial charge in [0, 0.05) is 25.7 Å². The topological polar surface area (TPSA) is 237 Å². The molecule has 0 aliphatic rings. The summed E-state index contributed by atoms with van der Waals surface area (Å²) in [6.45, 7) is 5.02. The van der Waals surface area contributed by atoms with Crippen LogP contribution >= 0.6 is 15.6 Å². The lowest BCUT2D eigenvalue weighted by Gasteiger charge is -2.21. The normalized spacial score (nSPS) is 13.8. The molecule has 0 aromatic rings. The van der Waals surface area contributed by atoms with Gasteiger partial charge in [-0.25, -0.2) is 9.13 Å². The molecule has 0 radical (unpaired) electrons. The zero-order chi connectivity index (χ0) is 74.6. The number of hydrogen-bond acceptors (Lipinski definition) is 15. The quantitative estimate of drug-likeness (QED) is 0.0222. The Kier molecular flexibility index (Phi) is 75.8. The van der Waals surface area contributed by atoms with E-state index >= 15 is 0 Å². The Morgan fingerprint density at radius 3 is 0.578 bits per heavy atom. The second kappa shape index (κ2) is 77.2. The predicted octanol–water partition coefficient (Wildman–Crippen LogP) is 25.4. The second-order valence-corrected chi connectivity index (χ2v) is 32.8. The Hall–Kier alpha value is -1.94. The van der Waals surface area contributed by atoms with E-state index < -0.39 is 97.5 Å². The minimum absolute atomic E-state index is 0.108. The first-order valence-corrected chi connectivity index (χ1v) is 46.3. The van der Waals surface area contributed by atoms with Crippen LogP contribution in [0.15, 0.2) is 0 Å². The molecule has 2 unspecified atom stereocenters. The van der Waals surface area contributed by atoms with E-state index in [1.165, 1.54) is 283 Å². The van der Waals surface area contributed by atoms with Crippen molar-refractivity contribution in [2.75, 3.05) is 39.6 Å². The molecule has 19 heteroatoms. The summed E-state index contributed by atoms with van der Waals surface area (Å²) in [7, 11) is -9.92. The summed E-state index contributed by atoms with van der Waals surface area (Å²) in [4.78, 5) is 73.0. The van der Waals surface area contributed by atoms with Crippen LogP contribution in [0.1, 0.15) is 451 Å². The molecule has 0 saturated heterocycles. The van der Waals surface area contributed by atoms with Crippen LogP contribution in [0.5, 0.6) is 0 Å². The third-order valence-corrected chi connectivity index (χ3v) is 21.5. The van der Waals surface area contributed by atoms with Gasteiger partial charge in [-0.15, -0.1) is 0 Å². The van der Waals surface area contributed by atoms with Crippen molar-refractivity contribution in [3.05, 3.63) is 0 Å². The number of hydrogen-bond donors (Lipinski definition) is 3. The molecule has 0 aliphatic heterocycles. The first kappa shape index (κ1) is 100. The van der Waals surface area contributed by atoms with Crippen molar-refractivity contribution in [2.24, 2.45) is 0 Å². The van der Waals surface area contributed by atoms with Crippen molar-refractivity contribution in [1.29, 1.82) is 0 Å². The maximum atomic E-state index is 13.1. The van der Waals surface area contributed by atoms with Gasteiger partial charge in [0.25, 0.3) is 0 Å². The van der Waals surface area contributed by atoms with E-state index in [0.717, 1.165) is 89.9 Å². The Labute approximate surface area is 626 Å². The minimum Gasteiger partial charge on any atom is -0.462 e. The molecule has 0 spiro atoms. The van der Waals surface area contributed by atoms with Gasteiger partial charge in [0.15, 0.2) is 12.2 Å². The fraction of sp³-hybridized carbons (Fsp3) is 0.952. The second-order valence-electron chi connectivity index (χ2n) is 29.9. The summed E-state index contributed by atoms with van der Waals surface area (Å²) in [6.07, 6.45) is 70.9. The largest absolute Gasteiger partial charge is 0.472 e. The standard InChI is InChI=1S/C83H162O17P2/c1-5-9-13-17-21-25-29-31-33-35-37-39-41-43-45-47-50-54-58-62-66-70-83(88)100-79(74-94-81(86)68-64-60-56-52-49-46-44-42-40-38-36-34-32-30-26-22-18-14-10-6-2)76-98-102(91,92)96-72-77(84)71-95-101(89,90)97-75-78(73-93-80(85)67-63-59-55-51-28-24-20-16-12-8-4)99-82(87)69-65-61-57-53-48-27-23-19-15-11-7-3/h77-79,84H,5-76H2,1-4H3,(H,89,90)(H,91,92)/t77-,78+,79+/m0/s1. The fourth-order valence-electron chi connectivity index (χ4n) is 13.0. The SMILES string of the molecule is CCCCCCCCCCCCCCCCCCCCCCCC(=O)O[C@H](COC(=O)CCCCCCCCCCCCCCCCCCCCCC)COP(=O)(O)OC[C@@H](O)COP(=O)(O)OC[C@@H](COC(=O)CCCCCCCCCCCC)OC(=O)CCCCCCCCCCCCC. The van der Waals surface area contributed by atoms with E-state index in [9.17, 15) is 43.2 Å². The van der Waals surface area contributed by atoms with Crippen LogP contribution in [0.4, 0.5) is 0 Å². The molecule has 0 fully saturated rings. The van der Waals surface area contributed by atoms with Crippen molar-refractivity contribution < 1.29 is 80.2 Å². The van der Waals surface area contributed by atoms with Gasteiger partial charge in [-0.2, -0.15) is 0 Å². The number of ether oxygens (including phenoxy) is 4. The highest BCUT2D eigenvalue weighted by atomic mass is 31.2. The number of phosphoric acid groups is 2. The highest BCUT2D eigenvalue weighted by Gasteiger charge is 2.30. The highest BCUT2D eigenvalue weighted by molar-refractivity contribution is 7.47. The molecule has 0 heterocycles. The maximum Gasteiger partial charge on any atom is 0.472 e. The molecular formula is C83H162O17P2. The summed E-state index contributed by atoms with van der Waals surface area (Å²) in [5, 5.41) is 10.6. The summed E-state index contributed by atoms with van der Waals surface area (Å²) in [5.74, 6) is -2.10. The molecule has 0 aromatic heterocycles. The van der Waals surface area contributed by atoms with Crippen molar-refractivity contribution in [1.82, 2.24) is 0 Å². The lowest BCUT2D eigenvalue weighted by Crippen LogP contribution is -2.30. The fourth-order valence-corrected chi connectivity index (χ4v) is 14.6. The summed E-state index contributed by atoms with van der Waals surface area (Å²) in [5.41, 5.74) is 0. The summed E-state index contributed by atoms with van der Waals surface area (Å²) in [6, 6.07) is 0. The van der Waals surface area contributed by atoms with Crippen LogP contribution in [0, 0.1) is 0 Å². The van der Waals surface area contributed by atoms with Crippen LogP contribution in [-0.2, 0) is 65.4 Å². The van der Waals surface area contributed by atoms with Crippen LogP contribution in [0.25, 0.3) is 0 Å². The zero-order valence-electron chi connectivity index (χ0n) is 66.6. The van der Waals surface area contributed by atoms with Crippen LogP contribution in [-0.4, -0.2) is 96.7 Å². The first-order valence-electron chi connectivity index (χ1n) is 43.3. The average Bonchev–Trinajstić information content (AvgIpc) is 0.911. The van der Waals surface area contributed by atoms with Crippen molar-refractivity contribution in [3.63, 3.8) is 0 Å². The molecule has 0 bridgehead atoms. The number of esters is 4. The van der Waals surface area contributed by atoms with Gasteiger partial charge in [0.05, 0.1) is 26.4 Å². The van der Waals surface area contributed by atoms with Gasteiger partial charge in [-0.3, -0.25) is 37.3 Å². The highest BCUT2D eigenvalue weighted by Crippen LogP contribution is 2.45.